The van der Waals surface area contributed by atoms with Gasteiger partial charge in [-0.15, -0.1) is 0 Å². The number of ether oxygens (including phenoxy) is 1. The van der Waals surface area contributed by atoms with E-state index in [0.717, 1.165) is 18.4 Å². The third kappa shape index (κ3) is 5.24. The van der Waals surface area contributed by atoms with Crippen LogP contribution in [-0.4, -0.2) is 12.6 Å². The molecule has 1 aromatic carbocycles. The van der Waals surface area contributed by atoms with E-state index in [2.05, 4.69) is 0 Å². The molecule has 0 radical (unpaired) electrons. The standard InChI is InChI=1S/C13H14Cl2O2/c1-2-3-8-17-13(16)7-5-10-4-6-11(14)9-12(10)15/h4-7,9H,2-3,8H2,1H3/b7-5+. The first-order valence-corrected chi connectivity index (χ1v) is 6.19. The van der Waals surface area contributed by atoms with Gasteiger partial charge in [0.25, 0.3) is 0 Å². The fraction of sp³-hybridized carbons (Fsp3) is 0.308. The summed E-state index contributed by atoms with van der Waals surface area (Å²) in [6, 6.07) is 5.10. The minimum Gasteiger partial charge on any atom is -0.463 e. The van der Waals surface area contributed by atoms with Crippen molar-refractivity contribution in [2.24, 2.45) is 0 Å². The number of esters is 1. The Morgan fingerprint density at radius 2 is 2.18 bits per heavy atom. The van der Waals surface area contributed by atoms with Crippen molar-refractivity contribution in [2.45, 2.75) is 19.8 Å². The van der Waals surface area contributed by atoms with Gasteiger partial charge < -0.3 is 4.74 Å². The van der Waals surface area contributed by atoms with Crippen molar-refractivity contribution >= 4 is 35.2 Å². The molecule has 0 aliphatic heterocycles. The fourth-order valence-corrected chi connectivity index (χ4v) is 1.63. The predicted molar refractivity (Wildman–Crippen MR) is 71.4 cm³/mol. The van der Waals surface area contributed by atoms with Crippen molar-refractivity contribution < 1.29 is 9.53 Å². The lowest BCUT2D eigenvalue weighted by molar-refractivity contribution is -0.137. The normalized spacial score (nSPS) is 10.8. The molecule has 4 heteroatoms. The van der Waals surface area contributed by atoms with Gasteiger partial charge in [-0.25, -0.2) is 4.79 Å². The molecule has 0 spiro atoms. The average Bonchev–Trinajstić information content (AvgIpc) is 2.28. The lowest BCUT2D eigenvalue weighted by Gasteiger charge is -2.00. The summed E-state index contributed by atoms with van der Waals surface area (Å²) < 4.78 is 4.97. The zero-order valence-electron chi connectivity index (χ0n) is 9.58. The average molecular weight is 273 g/mol. The highest BCUT2D eigenvalue weighted by molar-refractivity contribution is 6.35. The largest absolute Gasteiger partial charge is 0.463 e. The second kappa shape index (κ2) is 7.36. The van der Waals surface area contributed by atoms with Gasteiger partial charge in [0, 0.05) is 16.1 Å². The highest BCUT2D eigenvalue weighted by Gasteiger charge is 2.00. The van der Waals surface area contributed by atoms with Crippen molar-refractivity contribution in [3.63, 3.8) is 0 Å². The van der Waals surface area contributed by atoms with Gasteiger partial charge in [-0.2, -0.15) is 0 Å². The van der Waals surface area contributed by atoms with E-state index < -0.39 is 0 Å². The Hall–Kier alpha value is -0.990. The summed E-state index contributed by atoms with van der Waals surface area (Å²) in [4.78, 5) is 11.3. The van der Waals surface area contributed by atoms with E-state index in [1.165, 1.54) is 6.08 Å². The summed E-state index contributed by atoms with van der Waals surface area (Å²) in [7, 11) is 0. The number of benzene rings is 1. The maximum absolute atomic E-state index is 11.3. The number of carbonyl (C=O) groups is 1. The van der Waals surface area contributed by atoms with Crippen LogP contribution < -0.4 is 0 Å². The third-order valence-electron chi connectivity index (χ3n) is 2.10. The van der Waals surface area contributed by atoms with Gasteiger partial charge in [0.05, 0.1) is 6.61 Å². The quantitative estimate of drug-likeness (QED) is 0.453. The Kier molecular flexibility index (Phi) is 6.09. The maximum Gasteiger partial charge on any atom is 0.330 e. The lowest BCUT2D eigenvalue weighted by Crippen LogP contribution is -2.01. The summed E-state index contributed by atoms with van der Waals surface area (Å²) in [5.74, 6) is -0.357. The molecule has 92 valence electrons. The van der Waals surface area contributed by atoms with Crippen LogP contribution in [0.5, 0.6) is 0 Å². The monoisotopic (exact) mass is 272 g/mol. The third-order valence-corrected chi connectivity index (χ3v) is 2.67. The van der Waals surface area contributed by atoms with Crippen molar-refractivity contribution in [1.29, 1.82) is 0 Å². The van der Waals surface area contributed by atoms with Crippen LogP contribution in [0.2, 0.25) is 10.0 Å². The second-order valence-electron chi connectivity index (χ2n) is 3.52. The zero-order valence-corrected chi connectivity index (χ0v) is 11.1. The molecular weight excluding hydrogens is 259 g/mol. The topological polar surface area (TPSA) is 26.3 Å². The van der Waals surface area contributed by atoms with Crippen LogP contribution in [0.3, 0.4) is 0 Å². The first-order valence-electron chi connectivity index (χ1n) is 5.43. The highest BCUT2D eigenvalue weighted by atomic mass is 35.5. The molecule has 0 aromatic heterocycles. The van der Waals surface area contributed by atoms with Gasteiger partial charge in [0.1, 0.15) is 0 Å². The van der Waals surface area contributed by atoms with Crippen LogP contribution in [0.25, 0.3) is 6.08 Å². The first-order chi connectivity index (χ1) is 8.13. The predicted octanol–water partition coefficient (Wildman–Crippen LogP) is 4.35. The van der Waals surface area contributed by atoms with Crippen LogP contribution in [0.4, 0.5) is 0 Å². The molecule has 0 aliphatic rings. The summed E-state index contributed by atoms with van der Waals surface area (Å²) >= 11 is 11.7. The van der Waals surface area contributed by atoms with E-state index in [1.807, 2.05) is 6.92 Å². The number of carbonyl (C=O) groups excluding carboxylic acids is 1. The van der Waals surface area contributed by atoms with Crippen LogP contribution in [0, 0.1) is 0 Å². The molecule has 0 bridgehead atoms. The van der Waals surface area contributed by atoms with Gasteiger partial charge >= 0.3 is 5.97 Å². The molecule has 0 aliphatic carbocycles. The SMILES string of the molecule is CCCCOC(=O)/C=C/c1ccc(Cl)cc1Cl. The molecule has 0 unspecified atom stereocenters. The van der Waals surface area contributed by atoms with Crippen LogP contribution in [0.1, 0.15) is 25.3 Å². The Morgan fingerprint density at radius 3 is 2.82 bits per heavy atom. The van der Waals surface area contributed by atoms with Crippen molar-refractivity contribution in [3.05, 3.63) is 39.9 Å². The summed E-state index contributed by atoms with van der Waals surface area (Å²) in [5, 5.41) is 1.08. The maximum atomic E-state index is 11.3. The summed E-state index contributed by atoms with van der Waals surface area (Å²) in [6.07, 6.45) is 4.86. The second-order valence-corrected chi connectivity index (χ2v) is 4.36. The molecule has 1 rings (SSSR count). The Bertz CT molecular complexity index is 414. The Labute approximate surface area is 111 Å². The number of halogens is 2. The van der Waals surface area contributed by atoms with E-state index in [9.17, 15) is 4.79 Å². The minimum absolute atomic E-state index is 0.357. The molecular formula is C13H14Cl2O2. The summed E-state index contributed by atoms with van der Waals surface area (Å²) in [6.45, 7) is 2.49. The van der Waals surface area contributed by atoms with Gasteiger partial charge in [-0.3, -0.25) is 0 Å². The highest BCUT2D eigenvalue weighted by Crippen LogP contribution is 2.21. The molecule has 0 saturated carbocycles. The molecule has 0 fully saturated rings. The van der Waals surface area contributed by atoms with Gasteiger partial charge in [0.2, 0.25) is 0 Å². The molecule has 0 amide bonds. The molecule has 0 heterocycles. The Balaban J connectivity index is 2.55. The van der Waals surface area contributed by atoms with E-state index in [4.69, 9.17) is 27.9 Å². The van der Waals surface area contributed by atoms with Gasteiger partial charge in [0.15, 0.2) is 0 Å². The number of hydrogen-bond donors (Lipinski definition) is 0. The van der Waals surface area contributed by atoms with Gasteiger partial charge in [-0.1, -0.05) is 42.6 Å². The van der Waals surface area contributed by atoms with E-state index in [0.29, 0.717) is 16.7 Å². The van der Waals surface area contributed by atoms with Crippen molar-refractivity contribution in [2.75, 3.05) is 6.61 Å². The molecule has 1 aromatic rings. The first kappa shape index (κ1) is 14.1. The smallest absolute Gasteiger partial charge is 0.330 e. The van der Waals surface area contributed by atoms with E-state index in [-0.39, 0.29) is 5.97 Å². The number of hydrogen-bond acceptors (Lipinski definition) is 2. The minimum atomic E-state index is -0.357. The Morgan fingerprint density at radius 1 is 1.41 bits per heavy atom. The van der Waals surface area contributed by atoms with Crippen LogP contribution in [0.15, 0.2) is 24.3 Å². The van der Waals surface area contributed by atoms with Gasteiger partial charge in [-0.05, 0) is 30.2 Å². The number of unbranched alkanes of at least 4 members (excludes halogenated alkanes) is 1. The molecule has 0 saturated heterocycles. The van der Waals surface area contributed by atoms with Crippen LogP contribution in [-0.2, 0) is 9.53 Å². The summed E-state index contributed by atoms with van der Waals surface area (Å²) in [5.41, 5.74) is 0.739. The van der Waals surface area contributed by atoms with E-state index in [1.54, 1.807) is 24.3 Å². The molecule has 0 N–H and O–H groups in total. The molecule has 0 atom stereocenters. The lowest BCUT2D eigenvalue weighted by atomic mass is 10.2. The van der Waals surface area contributed by atoms with Crippen LogP contribution >= 0.6 is 23.2 Å². The van der Waals surface area contributed by atoms with E-state index >= 15 is 0 Å². The van der Waals surface area contributed by atoms with Crippen molar-refractivity contribution in [3.8, 4) is 0 Å². The fourth-order valence-electron chi connectivity index (χ4n) is 1.16. The van der Waals surface area contributed by atoms with Crippen molar-refractivity contribution in [1.82, 2.24) is 0 Å². The molecule has 2 nitrogen and oxygen atoms in total. The number of rotatable bonds is 5. The molecule has 17 heavy (non-hydrogen) atoms. The zero-order chi connectivity index (χ0) is 12.7.